The van der Waals surface area contributed by atoms with Gasteiger partial charge in [-0.05, 0) is 80.1 Å². The molecule has 3 unspecified atom stereocenters. The van der Waals surface area contributed by atoms with Crippen LogP contribution in [0.1, 0.15) is 19.8 Å². The van der Waals surface area contributed by atoms with Crippen molar-refractivity contribution in [3.63, 3.8) is 0 Å². The number of nitrogens with zero attached hydrogens (tertiary/aromatic N) is 2. The van der Waals surface area contributed by atoms with Crippen molar-refractivity contribution in [1.82, 2.24) is 9.88 Å². The third-order valence-corrected chi connectivity index (χ3v) is 7.13. The zero-order valence-corrected chi connectivity index (χ0v) is 18.6. The molecular weight excluding hydrogens is 427 g/mol. The standard InChI is InChI=1S/C25H26ClFN4O/c1-15(25(32)30-20-5-2-18(26)3-6-20)31-13-16-10-21(11-17(16)14-31)29-24-8-9-28-23-7-4-19(27)12-22(23)24/h2-9,12,15-17,21H,10-11,13-14H2,1H3,(H,28,29)(H,30,32). The molecule has 1 saturated carbocycles. The van der Waals surface area contributed by atoms with Gasteiger partial charge in [-0.25, -0.2) is 4.39 Å². The Labute approximate surface area is 192 Å². The maximum absolute atomic E-state index is 13.8. The Hall–Kier alpha value is -2.70. The van der Waals surface area contributed by atoms with Crippen molar-refractivity contribution < 1.29 is 9.18 Å². The molecule has 0 radical (unpaired) electrons. The van der Waals surface area contributed by atoms with Crippen LogP contribution in [0.25, 0.3) is 10.9 Å². The van der Waals surface area contributed by atoms with E-state index >= 15 is 0 Å². The second-order valence-corrected chi connectivity index (χ2v) is 9.42. The van der Waals surface area contributed by atoms with Crippen LogP contribution in [0.5, 0.6) is 0 Å². The molecule has 1 aromatic heterocycles. The fourth-order valence-electron chi connectivity index (χ4n) is 5.18. The summed E-state index contributed by atoms with van der Waals surface area (Å²) < 4.78 is 13.8. The van der Waals surface area contributed by atoms with Crippen LogP contribution in [-0.2, 0) is 4.79 Å². The van der Waals surface area contributed by atoms with Gasteiger partial charge in [0.25, 0.3) is 0 Å². The van der Waals surface area contributed by atoms with E-state index in [-0.39, 0.29) is 17.8 Å². The molecule has 0 bridgehead atoms. The number of carbonyl (C=O) groups excluding carboxylic acids is 1. The smallest absolute Gasteiger partial charge is 0.241 e. The van der Waals surface area contributed by atoms with Crippen LogP contribution in [0, 0.1) is 17.7 Å². The highest BCUT2D eigenvalue weighted by atomic mass is 35.5. The second kappa shape index (κ2) is 8.68. The number of aromatic nitrogens is 1. The van der Waals surface area contributed by atoms with E-state index in [1.54, 1.807) is 30.5 Å². The van der Waals surface area contributed by atoms with Gasteiger partial charge in [-0.3, -0.25) is 14.7 Å². The Kier molecular flexibility index (Phi) is 5.74. The molecule has 1 aliphatic carbocycles. The van der Waals surface area contributed by atoms with Gasteiger partial charge in [0, 0.05) is 47.1 Å². The van der Waals surface area contributed by atoms with E-state index in [1.807, 2.05) is 25.1 Å². The Morgan fingerprint density at radius 3 is 2.56 bits per heavy atom. The average molecular weight is 453 g/mol. The molecule has 2 heterocycles. The molecule has 3 atom stereocenters. The summed E-state index contributed by atoms with van der Waals surface area (Å²) in [6, 6.07) is 14.0. The summed E-state index contributed by atoms with van der Waals surface area (Å²) >= 11 is 5.92. The number of nitrogens with one attached hydrogen (secondary N) is 2. The van der Waals surface area contributed by atoms with Crippen LogP contribution in [0.15, 0.2) is 54.7 Å². The van der Waals surface area contributed by atoms with Crippen molar-refractivity contribution in [3.05, 3.63) is 65.6 Å². The van der Waals surface area contributed by atoms with Crippen molar-refractivity contribution in [2.75, 3.05) is 23.7 Å². The lowest BCUT2D eigenvalue weighted by atomic mass is 10.0. The van der Waals surface area contributed by atoms with E-state index in [1.165, 1.54) is 6.07 Å². The molecular formula is C25H26ClFN4O. The first-order valence-electron chi connectivity index (χ1n) is 11.1. The number of fused-ring (bicyclic) bond motifs is 2. The van der Waals surface area contributed by atoms with Gasteiger partial charge in [0.2, 0.25) is 5.91 Å². The first kappa shape index (κ1) is 21.2. The molecule has 2 aliphatic rings. The fourth-order valence-corrected chi connectivity index (χ4v) is 5.31. The van der Waals surface area contributed by atoms with E-state index in [4.69, 9.17) is 11.6 Å². The van der Waals surface area contributed by atoms with E-state index in [2.05, 4.69) is 20.5 Å². The molecule has 0 spiro atoms. The van der Waals surface area contributed by atoms with Crippen LogP contribution in [-0.4, -0.2) is 41.0 Å². The van der Waals surface area contributed by atoms with Gasteiger partial charge in [-0.15, -0.1) is 0 Å². The first-order valence-corrected chi connectivity index (χ1v) is 11.5. The maximum Gasteiger partial charge on any atom is 0.241 e. The third kappa shape index (κ3) is 4.30. The second-order valence-electron chi connectivity index (χ2n) is 8.98. The van der Waals surface area contributed by atoms with Gasteiger partial charge in [0.05, 0.1) is 11.6 Å². The van der Waals surface area contributed by atoms with Crippen LogP contribution in [0.3, 0.4) is 0 Å². The number of rotatable bonds is 5. The summed E-state index contributed by atoms with van der Waals surface area (Å²) in [6.07, 6.45) is 3.86. The predicted molar refractivity (Wildman–Crippen MR) is 126 cm³/mol. The minimum absolute atomic E-state index is 0.00672. The first-order chi connectivity index (χ1) is 15.5. The average Bonchev–Trinajstić information content (AvgIpc) is 3.34. The van der Waals surface area contributed by atoms with E-state index in [9.17, 15) is 9.18 Å². The number of carbonyl (C=O) groups is 1. The van der Waals surface area contributed by atoms with Gasteiger partial charge in [0.15, 0.2) is 0 Å². The number of hydrogen-bond acceptors (Lipinski definition) is 4. The van der Waals surface area contributed by atoms with Gasteiger partial charge in [-0.2, -0.15) is 0 Å². The van der Waals surface area contributed by atoms with Gasteiger partial charge in [0.1, 0.15) is 5.82 Å². The number of anilines is 2. The van der Waals surface area contributed by atoms with Crippen molar-refractivity contribution >= 4 is 39.8 Å². The van der Waals surface area contributed by atoms with Gasteiger partial charge in [-0.1, -0.05) is 11.6 Å². The van der Waals surface area contributed by atoms with Crippen molar-refractivity contribution in [2.24, 2.45) is 11.8 Å². The molecule has 2 aromatic carbocycles. The fraction of sp³-hybridized carbons (Fsp3) is 0.360. The van der Waals surface area contributed by atoms with Crippen LogP contribution in [0.4, 0.5) is 15.8 Å². The maximum atomic E-state index is 13.8. The number of halogens is 2. The van der Waals surface area contributed by atoms with Gasteiger partial charge < -0.3 is 10.6 Å². The van der Waals surface area contributed by atoms with E-state index in [0.717, 1.165) is 48.2 Å². The third-order valence-electron chi connectivity index (χ3n) is 6.88. The molecule has 7 heteroatoms. The number of amides is 1. The summed E-state index contributed by atoms with van der Waals surface area (Å²) in [5.74, 6) is 0.872. The predicted octanol–water partition coefficient (Wildman–Crippen LogP) is 5.18. The van der Waals surface area contributed by atoms with E-state index < -0.39 is 0 Å². The Morgan fingerprint density at radius 2 is 1.84 bits per heavy atom. The quantitative estimate of drug-likeness (QED) is 0.560. The number of pyridine rings is 1. The molecule has 5 nitrogen and oxygen atoms in total. The zero-order valence-electron chi connectivity index (χ0n) is 17.9. The van der Waals surface area contributed by atoms with Crippen LogP contribution < -0.4 is 10.6 Å². The molecule has 166 valence electrons. The van der Waals surface area contributed by atoms with E-state index in [0.29, 0.717) is 22.9 Å². The highest BCUT2D eigenvalue weighted by Gasteiger charge is 2.43. The highest BCUT2D eigenvalue weighted by molar-refractivity contribution is 6.30. The minimum atomic E-state index is -0.252. The summed E-state index contributed by atoms with van der Waals surface area (Å²) in [5, 5.41) is 8.08. The number of hydrogen-bond donors (Lipinski definition) is 2. The molecule has 5 rings (SSSR count). The summed E-state index contributed by atoms with van der Waals surface area (Å²) in [6.45, 7) is 3.81. The lowest BCUT2D eigenvalue weighted by Crippen LogP contribution is -2.41. The lowest BCUT2D eigenvalue weighted by molar-refractivity contribution is -0.120. The Bertz CT molecular complexity index is 1120. The summed E-state index contributed by atoms with van der Waals surface area (Å²) in [5.41, 5.74) is 2.49. The monoisotopic (exact) mass is 452 g/mol. The van der Waals surface area contributed by atoms with Crippen LogP contribution >= 0.6 is 11.6 Å². The summed E-state index contributed by atoms with van der Waals surface area (Å²) in [7, 11) is 0. The molecule has 2 fully saturated rings. The van der Waals surface area contributed by atoms with Crippen molar-refractivity contribution in [2.45, 2.75) is 31.8 Å². The van der Waals surface area contributed by atoms with Gasteiger partial charge >= 0.3 is 0 Å². The Morgan fingerprint density at radius 1 is 1.12 bits per heavy atom. The normalized spacial score (nSPS) is 23.8. The van der Waals surface area contributed by atoms with Crippen molar-refractivity contribution in [1.29, 1.82) is 0 Å². The molecule has 3 aromatic rings. The van der Waals surface area contributed by atoms with Crippen LogP contribution in [0.2, 0.25) is 5.02 Å². The Balaban J connectivity index is 1.19. The molecule has 2 N–H and O–H groups in total. The molecule has 1 saturated heterocycles. The topological polar surface area (TPSA) is 57.3 Å². The zero-order chi connectivity index (χ0) is 22.2. The molecule has 1 amide bonds. The number of likely N-dealkylation sites (tertiary alicyclic amines) is 1. The SMILES string of the molecule is CC(C(=O)Nc1ccc(Cl)cc1)N1CC2CC(Nc3ccnc4ccc(F)cc34)CC2C1. The number of benzene rings is 2. The largest absolute Gasteiger partial charge is 0.382 e. The van der Waals surface area contributed by atoms with Crippen molar-refractivity contribution in [3.8, 4) is 0 Å². The highest BCUT2D eigenvalue weighted by Crippen LogP contribution is 2.40. The molecule has 1 aliphatic heterocycles. The lowest BCUT2D eigenvalue weighted by Gasteiger charge is -2.25. The minimum Gasteiger partial charge on any atom is -0.382 e. The molecule has 32 heavy (non-hydrogen) atoms. The summed E-state index contributed by atoms with van der Waals surface area (Å²) in [4.78, 5) is 19.3.